The molecule has 19 heavy (non-hydrogen) atoms. The Morgan fingerprint density at radius 2 is 2.16 bits per heavy atom. The molecule has 0 saturated carbocycles. The maximum atomic E-state index is 11.5. The summed E-state index contributed by atoms with van der Waals surface area (Å²) in [5, 5.41) is 3.34. The van der Waals surface area contributed by atoms with Crippen molar-refractivity contribution in [1.82, 2.24) is 10.2 Å². The molecule has 0 bridgehead atoms. The first kappa shape index (κ1) is 16.0. The molecular formula is C14H21BrN2O2. The smallest absolute Gasteiger partial charge is 0.223 e. The van der Waals surface area contributed by atoms with Crippen LogP contribution in [0.1, 0.15) is 24.9 Å². The molecule has 1 atom stereocenters. The highest BCUT2D eigenvalue weighted by molar-refractivity contribution is 9.10. The largest absolute Gasteiger partial charge is 0.497 e. The average molecular weight is 329 g/mol. The molecule has 0 unspecified atom stereocenters. The first-order chi connectivity index (χ1) is 8.95. The van der Waals surface area contributed by atoms with E-state index in [4.69, 9.17) is 4.74 Å². The zero-order chi connectivity index (χ0) is 14.4. The Bertz CT molecular complexity index is 435. The van der Waals surface area contributed by atoms with Gasteiger partial charge < -0.3 is 15.0 Å². The molecule has 0 spiro atoms. The SMILES string of the molecule is COc1ccc([C@H](C)NCCC(=O)N(C)C)c(Br)c1. The molecule has 0 aliphatic carbocycles. The molecule has 0 aliphatic rings. The molecule has 1 N–H and O–H groups in total. The fourth-order valence-corrected chi connectivity index (χ4v) is 2.42. The number of nitrogens with one attached hydrogen (secondary N) is 1. The summed E-state index contributed by atoms with van der Waals surface area (Å²) in [7, 11) is 5.19. The lowest BCUT2D eigenvalue weighted by Crippen LogP contribution is -2.28. The van der Waals surface area contributed by atoms with Gasteiger partial charge in [-0.05, 0) is 24.6 Å². The third-order valence-electron chi connectivity index (χ3n) is 2.96. The molecule has 1 aromatic carbocycles. The Kier molecular flexibility index (Phi) is 6.31. The third kappa shape index (κ3) is 4.84. The van der Waals surface area contributed by atoms with Gasteiger partial charge in [0.1, 0.15) is 5.75 Å². The number of hydrogen-bond acceptors (Lipinski definition) is 3. The maximum absolute atomic E-state index is 11.5. The van der Waals surface area contributed by atoms with Crippen LogP contribution in [-0.2, 0) is 4.79 Å². The fraction of sp³-hybridized carbons (Fsp3) is 0.500. The lowest BCUT2D eigenvalue weighted by molar-refractivity contribution is -0.128. The first-order valence-corrected chi connectivity index (χ1v) is 7.02. The van der Waals surface area contributed by atoms with Crippen LogP contribution in [-0.4, -0.2) is 38.6 Å². The van der Waals surface area contributed by atoms with Crippen molar-refractivity contribution in [3.05, 3.63) is 28.2 Å². The predicted molar refractivity (Wildman–Crippen MR) is 80.4 cm³/mol. The number of methoxy groups -OCH3 is 1. The molecule has 0 aliphatic heterocycles. The Balaban J connectivity index is 2.54. The van der Waals surface area contributed by atoms with Gasteiger partial charge in [0.2, 0.25) is 5.91 Å². The molecule has 1 aromatic rings. The second kappa shape index (κ2) is 7.50. The van der Waals surface area contributed by atoms with Gasteiger partial charge in [0.15, 0.2) is 0 Å². The van der Waals surface area contributed by atoms with E-state index < -0.39 is 0 Å². The Hall–Kier alpha value is -1.07. The number of halogens is 1. The molecule has 106 valence electrons. The predicted octanol–water partition coefficient (Wildman–Crippen LogP) is 2.59. The molecular weight excluding hydrogens is 308 g/mol. The Morgan fingerprint density at radius 3 is 2.68 bits per heavy atom. The molecule has 0 aromatic heterocycles. The normalized spacial score (nSPS) is 12.1. The van der Waals surface area contributed by atoms with Gasteiger partial charge in [0.25, 0.3) is 0 Å². The lowest BCUT2D eigenvalue weighted by Gasteiger charge is -2.17. The minimum Gasteiger partial charge on any atom is -0.497 e. The fourth-order valence-electron chi connectivity index (χ4n) is 1.72. The van der Waals surface area contributed by atoms with Gasteiger partial charge >= 0.3 is 0 Å². The number of nitrogens with zero attached hydrogens (tertiary/aromatic N) is 1. The zero-order valence-corrected chi connectivity index (χ0v) is 13.5. The average Bonchev–Trinajstić information content (AvgIpc) is 2.37. The molecule has 5 heteroatoms. The number of carbonyl (C=O) groups excluding carboxylic acids is 1. The summed E-state index contributed by atoms with van der Waals surface area (Å²) in [6.45, 7) is 2.74. The summed E-state index contributed by atoms with van der Waals surface area (Å²) in [4.78, 5) is 13.1. The van der Waals surface area contributed by atoms with E-state index in [2.05, 4.69) is 28.2 Å². The van der Waals surface area contributed by atoms with E-state index in [1.165, 1.54) is 0 Å². The summed E-state index contributed by atoms with van der Waals surface area (Å²) in [5.74, 6) is 0.958. The number of rotatable bonds is 6. The van der Waals surface area contributed by atoms with Crippen LogP contribution in [0.2, 0.25) is 0 Å². The molecule has 1 rings (SSSR count). The molecule has 0 radical (unpaired) electrons. The summed E-state index contributed by atoms with van der Waals surface area (Å²) >= 11 is 3.54. The van der Waals surface area contributed by atoms with Crippen molar-refractivity contribution < 1.29 is 9.53 Å². The number of hydrogen-bond donors (Lipinski definition) is 1. The van der Waals surface area contributed by atoms with Crippen LogP contribution >= 0.6 is 15.9 Å². The van der Waals surface area contributed by atoms with Crippen LogP contribution in [0.5, 0.6) is 5.75 Å². The Labute approximate surface area is 123 Å². The molecule has 0 heterocycles. The van der Waals surface area contributed by atoms with Crippen molar-refractivity contribution in [2.75, 3.05) is 27.7 Å². The topological polar surface area (TPSA) is 41.6 Å². The first-order valence-electron chi connectivity index (χ1n) is 6.22. The molecule has 1 amide bonds. The van der Waals surface area contributed by atoms with Gasteiger partial charge in [0, 0.05) is 37.6 Å². The standard InChI is InChI=1S/C14H21BrN2O2/c1-10(16-8-7-14(18)17(2)3)12-6-5-11(19-4)9-13(12)15/h5-6,9-10,16H,7-8H2,1-4H3/t10-/m0/s1. The highest BCUT2D eigenvalue weighted by atomic mass is 79.9. The van der Waals surface area contributed by atoms with E-state index in [0.717, 1.165) is 15.8 Å². The van der Waals surface area contributed by atoms with Gasteiger partial charge in [0.05, 0.1) is 7.11 Å². The van der Waals surface area contributed by atoms with E-state index in [1.54, 1.807) is 26.1 Å². The van der Waals surface area contributed by atoms with Crippen molar-refractivity contribution in [2.24, 2.45) is 0 Å². The van der Waals surface area contributed by atoms with E-state index >= 15 is 0 Å². The highest BCUT2D eigenvalue weighted by Crippen LogP contribution is 2.27. The minimum absolute atomic E-state index is 0.133. The summed E-state index contributed by atoms with van der Waals surface area (Å²) in [5.41, 5.74) is 1.15. The van der Waals surface area contributed by atoms with Crippen LogP contribution in [0.15, 0.2) is 22.7 Å². The monoisotopic (exact) mass is 328 g/mol. The third-order valence-corrected chi connectivity index (χ3v) is 3.65. The number of ether oxygens (including phenoxy) is 1. The minimum atomic E-state index is 0.133. The number of carbonyl (C=O) groups is 1. The lowest BCUT2D eigenvalue weighted by atomic mass is 10.1. The maximum Gasteiger partial charge on any atom is 0.223 e. The van der Waals surface area contributed by atoms with Crippen LogP contribution in [0.4, 0.5) is 0 Å². The van der Waals surface area contributed by atoms with Crippen LogP contribution in [0.25, 0.3) is 0 Å². The molecule has 0 saturated heterocycles. The van der Waals surface area contributed by atoms with Crippen LogP contribution < -0.4 is 10.1 Å². The second-order valence-corrected chi connectivity index (χ2v) is 5.46. The van der Waals surface area contributed by atoms with Crippen molar-refractivity contribution >= 4 is 21.8 Å². The van der Waals surface area contributed by atoms with Crippen LogP contribution in [0.3, 0.4) is 0 Å². The van der Waals surface area contributed by atoms with Crippen molar-refractivity contribution in [3.63, 3.8) is 0 Å². The summed E-state index contributed by atoms with van der Waals surface area (Å²) < 4.78 is 6.17. The molecule has 4 nitrogen and oxygen atoms in total. The highest BCUT2D eigenvalue weighted by Gasteiger charge is 2.11. The van der Waals surface area contributed by atoms with E-state index in [1.807, 2.05) is 18.2 Å². The van der Waals surface area contributed by atoms with E-state index in [0.29, 0.717) is 13.0 Å². The van der Waals surface area contributed by atoms with Crippen molar-refractivity contribution in [1.29, 1.82) is 0 Å². The van der Waals surface area contributed by atoms with E-state index in [-0.39, 0.29) is 11.9 Å². The van der Waals surface area contributed by atoms with Crippen LogP contribution in [0, 0.1) is 0 Å². The second-order valence-electron chi connectivity index (χ2n) is 4.60. The van der Waals surface area contributed by atoms with E-state index in [9.17, 15) is 4.79 Å². The number of amides is 1. The van der Waals surface area contributed by atoms with Gasteiger partial charge in [-0.15, -0.1) is 0 Å². The van der Waals surface area contributed by atoms with Gasteiger partial charge in [-0.3, -0.25) is 4.79 Å². The summed E-state index contributed by atoms with van der Waals surface area (Å²) in [6, 6.07) is 6.08. The Morgan fingerprint density at radius 1 is 1.47 bits per heavy atom. The molecule has 0 fully saturated rings. The zero-order valence-electron chi connectivity index (χ0n) is 11.9. The van der Waals surface area contributed by atoms with Gasteiger partial charge in [-0.1, -0.05) is 22.0 Å². The van der Waals surface area contributed by atoms with Crippen molar-refractivity contribution in [3.8, 4) is 5.75 Å². The number of benzene rings is 1. The van der Waals surface area contributed by atoms with Gasteiger partial charge in [-0.2, -0.15) is 0 Å². The summed E-state index contributed by atoms with van der Waals surface area (Å²) in [6.07, 6.45) is 0.505. The van der Waals surface area contributed by atoms with Gasteiger partial charge in [-0.25, -0.2) is 0 Å². The van der Waals surface area contributed by atoms with Crippen molar-refractivity contribution in [2.45, 2.75) is 19.4 Å². The quantitative estimate of drug-likeness (QED) is 0.872.